The van der Waals surface area contributed by atoms with Crippen molar-refractivity contribution in [2.45, 2.75) is 66.1 Å². The van der Waals surface area contributed by atoms with Gasteiger partial charge in [0, 0.05) is 0 Å². The lowest BCUT2D eigenvalue weighted by molar-refractivity contribution is -0.0837. The highest BCUT2D eigenvalue weighted by atomic mass is 16.5. The maximum atomic E-state index is 5.94. The standard InChI is InChI=1S/C11H24O/c1-7-9(3)10(8-2)12-11(4,5)6/h9-10H,7-8H2,1-6H3. The summed E-state index contributed by atoms with van der Waals surface area (Å²) in [6.07, 6.45) is 2.75. The van der Waals surface area contributed by atoms with Crippen molar-refractivity contribution in [1.82, 2.24) is 0 Å². The van der Waals surface area contributed by atoms with Crippen molar-refractivity contribution in [1.29, 1.82) is 0 Å². The molecule has 0 spiro atoms. The molecule has 0 heterocycles. The van der Waals surface area contributed by atoms with E-state index in [1.54, 1.807) is 0 Å². The fraction of sp³-hybridized carbons (Fsp3) is 1.00. The highest BCUT2D eigenvalue weighted by Crippen LogP contribution is 2.20. The summed E-state index contributed by atoms with van der Waals surface area (Å²) in [5.41, 5.74) is 0.00407. The first-order valence-electron chi connectivity index (χ1n) is 5.08. The van der Waals surface area contributed by atoms with Gasteiger partial charge in [0.2, 0.25) is 0 Å². The van der Waals surface area contributed by atoms with E-state index < -0.39 is 0 Å². The van der Waals surface area contributed by atoms with Crippen molar-refractivity contribution >= 4 is 0 Å². The molecule has 2 unspecified atom stereocenters. The summed E-state index contributed by atoms with van der Waals surface area (Å²) in [5.74, 6) is 0.675. The molecule has 2 atom stereocenters. The largest absolute Gasteiger partial charge is 0.372 e. The molecule has 0 bridgehead atoms. The third-order valence-corrected chi connectivity index (χ3v) is 2.19. The lowest BCUT2D eigenvalue weighted by atomic mass is 9.99. The lowest BCUT2D eigenvalue weighted by Gasteiger charge is -2.30. The summed E-state index contributed by atoms with van der Waals surface area (Å²) in [7, 11) is 0. The molecule has 0 aliphatic rings. The fourth-order valence-corrected chi connectivity index (χ4v) is 1.32. The molecular formula is C11H24O. The highest BCUT2D eigenvalue weighted by Gasteiger charge is 2.21. The van der Waals surface area contributed by atoms with Gasteiger partial charge in [0.1, 0.15) is 0 Å². The van der Waals surface area contributed by atoms with Crippen LogP contribution in [0.5, 0.6) is 0 Å². The number of rotatable bonds is 4. The van der Waals surface area contributed by atoms with Gasteiger partial charge in [-0.25, -0.2) is 0 Å². The first kappa shape index (κ1) is 12.0. The molecule has 0 N–H and O–H groups in total. The molecule has 0 aromatic rings. The van der Waals surface area contributed by atoms with Crippen molar-refractivity contribution < 1.29 is 4.74 Å². The Morgan fingerprint density at radius 2 is 1.58 bits per heavy atom. The molecule has 12 heavy (non-hydrogen) atoms. The van der Waals surface area contributed by atoms with E-state index >= 15 is 0 Å². The molecule has 0 saturated heterocycles. The minimum absolute atomic E-state index is 0.00407. The summed E-state index contributed by atoms with van der Waals surface area (Å²) < 4.78 is 5.94. The Balaban J connectivity index is 3.99. The van der Waals surface area contributed by atoms with E-state index in [0.717, 1.165) is 6.42 Å². The smallest absolute Gasteiger partial charge is 0.0605 e. The number of hydrogen-bond acceptors (Lipinski definition) is 1. The normalized spacial score (nSPS) is 17.5. The zero-order valence-corrected chi connectivity index (χ0v) is 9.48. The summed E-state index contributed by atoms with van der Waals surface area (Å²) in [6, 6.07) is 0. The Kier molecular flexibility index (Phi) is 4.84. The van der Waals surface area contributed by atoms with E-state index in [1.807, 2.05) is 0 Å². The molecule has 1 nitrogen and oxygen atoms in total. The van der Waals surface area contributed by atoms with E-state index in [-0.39, 0.29) is 5.60 Å². The Morgan fingerprint density at radius 1 is 1.08 bits per heavy atom. The topological polar surface area (TPSA) is 9.23 Å². The van der Waals surface area contributed by atoms with Crippen LogP contribution in [0, 0.1) is 5.92 Å². The van der Waals surface area contributed by atoms with E-state index in [0.29, 0.717) is 12.0 Å². The van der Waals surface area contributed by atoms with Crippen molar-refractivity contribution in [3.05, 3.63) is 0 Å². The summed E-state index contributed by atoms with van der Waals surface area (Å²) in [6.45, 7) is 13.1. The molecule has 0 amide bonds. The van der Waals surface area contributed by atoms with Gasteiger partial charge in [0.15, 0.2) is 0 Å². The van der Waals surface area contributed by atoms with Crippen LogP contribution in [0.4, 0.5) is 0 Å². The van der Waals surface area contributed by atoms with Gasteiger partial charge in [-0.15, -0.1) is 0 Å². The van der Waals surface area contributed by atoms with E-state index in [4.69, 9.17) is 4.74 Å². The number of hydrogen-bond donors (Lipinski definition) is 0. The first-order valence-corrected chi connectivity index (χ1v) is 5.08. The predicted molar refractivity (Wildman–Crippen MR) is 54.4 cm³/mol. The second kappa shape index (κ2) is 4.86. The molecule has 0 aliphatic heterocycles. The molecule has 0 aromatic heterocycles. The molecule has 1 heteroatoms. The van der Waals surface area contributed by atoms with Gasteiger partial charge in [0.05, 0.1) is 11.7 Å². The Morgan fingerprint density at radius 3 is 1.83 bits per heavy atom. The van der Waals surface area contributed by atoms with Crippen LogP contribution in [-0.4, -0.2) is 11.7 Å². The molecule has 0 saturated carbocycles. The average Bonchev–Trinajstić information content (AvgIpc) is 1.97. The molecule has 0 aliphatic carbocycles. The van der Waals surface area contributed by atoms with Crippen LogP contribution < -0.4 is 0 Å². The van der Waals surface area contributed by atoms with Crippen molar-refractivity contribution in [3.63, 3.8) is 0 Å². The van der Waals surface area contributed by atoms with Gasteiger partial charge < -0.3 is 4.74 Å². The Bertz CT molecular complexity index is 113. The monoisotopic (exact) mass is 172 g/mol. The summed E-state index contributed by atoms with van der Waals surface area (Å²) in [4.78, 5) is 0. The molecule has 0 fully saturated rings. The lowest BCUT2D eigenvalue weighted by Crippen LogP contribution is -2.31. The van der Waals surface area contributed by atoms with Gasteiger partial charge in [-0.05, 0) is 33.1 Å². The molecule has 74 valence electrons. The highest BCUT2D eigenvalue weighted by molar-refractivity contribution is 4.69. The van der Waals surface area contributed by atoms with Gasteiger partial charge in [0.25, 0.3) is 0 Å². The molecule has 0 aromatic carbocycles. The van der Waals surface area contributed by atoms with E-state index in [1.165, 1.54) is 6.42 Å². The minimum Gasteiger partial charge on any atom is -0.372 e. The van der Waals surface area contributed by atoms with Gasteiger partial charge in [-0.2, -0.15) is 0 Å². The third kappa shape index (κ3) is 4.76. The third-order valence-electron chi connectivity index (χ3n) is 2.19. The second-order valence-electron chi connectivity index (χ2n) is 4.56. The zero-order valence-electron chi connectivity index (χ0n) is 9.48. The maximum absolute atomic E-state index is 5.94. The van der Waals surface area contributed by atoms with Crippen molar-refractivity contribution in [2.24, 2.45) is 5.92 Å². The Labute approximate surface area is 77.5 Å². The van der Waals surface area contributed by atoms with E-state index in [9.17, 15) is 0 Å². The van der Waals surface area contributed by atoms with Crippen LogP contribution in [0.15, 0.2) is 0 Å². The van der Waals surface area contributed by atoms with Crippen molar-refractivity contribution in [2.75, 3.05) is 0 Å². The van der Waals surface area contributed by atoms with Gasteiger partial charge >= 0.3 is 0 Å². The van der Waals surface area contributed by atoms with Crippen LogP contribution in [0.2, 0.25) is 0 Å². The maximum Gasteiger partial charge on any atom is 0.0605 e. The average molecular weight is 172 g/mol. The second-order valence-corrected chi connectivity index (χ2v) is 4.56. The van der Waals surface area contributed by atoms with Crippen LogP contribution >= 0.6 is 0 Å². The van der Waals surface area contributed by atoms with Crippen LogP contribution in [0.1, 0.15) is 54.4 Å². The summed E-state index contributed by atoms with van der Waals surface area (Å²) >= 11 is 0. The van der Waals surface area contributed by atoms with Crippen LogP contribution in [0.25, 0.3) is 0 Å². The summed E-state index contributed by atoms with van der Waals surface area (Å²) in [5, 5.41) is 0. The van der Waals surface area contributed by atoms with E-state index in [2.05, 4.69) is 41.5 Å². The minimum atomic E-state index is 0.00407. The van der Waals surface area contributed by atoms with Crippen LogP contribution in [0.3, 0.4) is 0 Å². The fourth-order valence-electron chi connectivity index (χ4n) is 1.32. The van der Waals surface area contributed by atoms with Gasteiger partial charge in [-0.1, -0.05) is 27.2 Å². The van der Waals surface area contributed by atoms with Crippen LogP contribution in [-0.2, 0) is 4.74 Å². The molecule has 0 radical (unpaired) electrons. The SMILES string of the molecule is CCC(C)C(CC)OC(C)(C)C. The number of ether oxygens (including phenoxy) is 1. The Hall–Kier alpha value is -0.0400. The molecular weight excluding hydrogens is 148 g/mol. The zero-order chi connectivity index (χ0) is 9.78. The van der Waals surface area contributed by atoms with Crippen molar-refractivity contribution in [3.8, 4) is 0 Å². The van der Waals surface area contributed by atoms with Gasteiger partial charge in [-0.3, -0.25) is 0 Å². The quantitative estimate of drug-likeness (QED) is 0.629. The predicted octanol–water partition coefficient (Wildman–Crippen LogP) is 3.63. The molecule has 0 rings (SSSR count). The first-order chi connectivity index (χ1) is 5.40.